The maximum Gasteiger partial charge on any atom is 0.331 e. The summed E-state index contributed by atoms with van der Waals surface area (Å²) < 4.78 is 4.83. The average molecular weight is 196 g/mol. The first kappa shape index (κ1) is 10.7. The van der Waals surface area contributed by atoms with Crippen LogP contribution in [0.1, 0.15) is 13.3 Å². The third-order valence-corrected chi connectivity index (χ3v) is 1.89. The van der Waals surface area contributed by atoms with Gasteiger partial charge in [0.15, 0.2) is 5.78 Å². The Balaban J connectivity index is 2.77. The molecule has 1 heterocycles. The van der Waals surface area contributed by atoms with Crippen LogP contribution in [0.3, 0.4) is 0 Å². The average Bonchev–Trinajstić information content (AvgIpc) is 2.13. The molecule has 0 saturated heterocycles. The van der Waals surface area contributed by atoms with Gasteiger partial charge in [-0.25, -0.2) is 4.79 Å². The van der Waals surface area contributed by atoms with Gasteiger partial charge < -0.3 is 9.84 Å². The van der Waals surface area contributed by atoms with Crippen molar-refractivity contribution >= 4 is 11.8 Å². The van der Waals surface area contributed by atoms with E-state index in [0.29, 0.717) is 6.42 Å². The van der Waals surface area contributed by atoms with Crippen molar-refractivity contribution in [3.8, 4) is 0 Å². The van der Waals surface area contributed by atoms with E-state index in [4.69, 9.17) is 4.74 Å². The molecule has 0 spiro atoms. The highest BCUT2D eigenvalue weighted by Gasteiger charge is 2.16. The number of aliphatic hydroxyl groups is 1. The minimum atomic E-state index is -0.769. The number of aliphatic hydroxyl groups excluding tert-OH is 1. The van der Waals surface area contributed by atoms with Crippen LogP contribution in [0.5, 0.6) is 0 Å². The zero-order valence-corrected chi connectivity index (χ0v) is 7.84. The van der Waals surface area contributed by atoms with E-state index in [2.05, 4.69) is 0 Å². The van der Waals surface area contributed by atoms with Crippen molar-refractivity contribution in [2.45, 2.75) is 25.6 Å². The second-order valence-electron chi connectivity index (χ2n) is 3.08. The van der Waals surface area contributed by atoms with Gasteiger partial charge in [0, 0.05) is 6.08 Å². The number of carbonyl (C=O) groups excluding carboxylic acids is 2. The van der Waals surface area contributed by atoms with E-state index < -0.39 is 18.2 Å². The molecule has 2 atom stereocenters. The van der Waals surface area contributed by atoms with Crippen LogP contribution in [0.15, 0.2) is 24.3 Å². The monoisotopic (exact) mass is 196 g/mol. The third-order valence-electron chi connectivity index (χ3n) is 1.89. The van der Waals surface area contributed by atoms with Gasteiger partial charge in [-0.05, 0) is 25.5 Å². The molecule has 4 heteroatoms. The van der Waals surface area contributed by atoms with E-state index in [1.165, 1.54) is 6.08 Å². The Kier molecular flexibility index (Phi) is 3.59. The fraction of sp³-hybridized carbons (Fsp3) is 0.400. The quantitative estimate of drug-likeness (QED) is 0.568. The van der Waals surface area contributed by atoms with E-state index in [1.807, 2.05) is 0 Å². The first-order chi connectivity index (χ1) is 6.59. The van der Waals surface area contributed by atoms with Crippen LogP contribution in [0, 0.1) is 0 Å². The van der Waals surface area contributed by atoms with Crippen LogP contribution in [0.25, 0.3) is 0 Å². The molecule has 0 saturated carbocycles. The summed E-state index contributed by atoms with van der Waals surface area (Å²) in [5, 5.41) is 9.44. The number of rotatable bonds is 0. The van der Waals surface area contributed by atoms with Crippen molar-refractivity contribution in [2.24, 2.45) is 0 Å². The van der Waals surface area contributed by atoms with Crippen molar-refractivity contribution in [1.82, 2.24) is 0 Å². The molecule has 0 aliphatic carbocycles. The first-order valence-electron chi connectivity index (χ1n) is 4.37. The summed E-state index contributed by atoms with van der Waals surface area (Å²) in [7, 11) is 0. The molecule has 0 radical (unpaired) electrons. The first-order valence-corrected chi connectivity index (χ1v) is 4.37. The predicted molar refractivity (Wildman–Crippen MR) is 49.5 cm³/mol. The van der Waals surface area contributed by atoms with Crippen LogP contribution < -0.4 is 0 Å². The molecule has 1 aliphatic heterocycles. The SMILES string of the molecule is CC1OC(=O)C=CC(=O)C=CCC1O. The van der Waals surface area contributed by atoms with Crippen LogP contribution in [0.2, 0.25) is 0 Å². The van der Waals surface area contributed by atoms with Crippen molar-refractivity contribution in [1.29, 1.82) is 0 Å². The summed E-state index contributed by atoms with van der Waals surface area (Å²) in [5.41, 5.74) is 0. The molecule has 0 amide bonds. The molecular weight excluding hydrogens is 184 g/mol. The Labute approximate surface area is 81.9 Å². The summed E-state index contributed by atoms with van der Waals surface area (Å²) in [5.74, 6) is -0.899. The molecule has 76 valence electrons. The number of allylic oxidation sites excluding steroid dienone is 2. The standard InChI is InChI=1S/C10H12O4/c1-7-9(12)4-2-3-8(11)5-6-10(13)14-7/h2-3,5-7,9,12H,4H2,1H3. The van der Waals surface area contributed by atoms with Crippen LogP contribution in [-0.4, -0.2) is 29.1 Å². The number of hydrogen-bond donors (Lipinski definition) is 1. The van der Waals surface area contributed by atoms with Crippen molar-refractivity contribution in [3.63, 3.8) is 0 Å². The van der Waals surface area contributed by atoms with Gasteiger partial charge in [0.05, 0.1) is 6.10 Å². The lowest BCUT2D eigenvalue weighted by Gasteiger charge is -2.17. The van der Waals surface area contributed by atoms with Crippen LogP contribution >= 0.6 is 0 Å². The highest BCUT2D eigenvalue weighted by molar-refractivity contribution is 6.02. The van der Waals surface area contributed by atoms with Gasteiger partial charge in [-0.3, -0.25) is 4.79 Å². The molecule has 2 unspecified atom stereocenters. The lowest BCUT2D eigenvalue weighted by molar-refractivity contribution is -0.147. The summed E-state index contributed by atoms with van der Waals surface area (Å²) in [6.07, 6.45) is 4.05. The Morgan fingerprint density at radius 3 is 2.79 bits per heavy atom. The smallest absolute Gasteiger partial charge is 0.331 e. The molecule has 1 rings (SSSR count). The lowest BCUT2D eigenvalue weighted by Crippen LogP contribution is -2.27. The van der Waals surface area contributed by atoms with Gasteiger partial charge in [0.2, 0.25) is 0 Å². The van der Waals surface area contributed by atoms with Crippen molar-refractivity contribution < 1.29 is 19.4 Å². The highest BCUT2D eigenvalue weighted by Crippen LogP contribution is 2.06. The molecule has 0 bridgehead atoms. The molecule has 4 nitrogen and oxygen atoms in total. The van der Waals surface area contributed by atoms with E-state index in [-0.39, 0.29) is 5.78 Å². The molecule has 1 N–H and O–H groups in total. The molecule has 14 heavy (non-hydrogen) atoms. The number of hydrogen-bond acceptors (Lipinski definition) is 4. The molecule has 1 aliphatic rings. The van der Waals surface area contributed by atoms with Gasteiger partial charge >= 0.3 is 5.97 Å². The fourth-order valence-corrected chi connectivity index (χ4v) is 1.02. The van der Waals surface area contributed by atoms with E-state index in [9.17, 15) is 14.7 Å². The number of esters is 1. The molecular formula is C10H12O4. The largest absolute Gasteiger partial charge is 0.457 e. The summed E-state index contributed by atoms with van der Waals surface area (Å²) in [6, 6.07) is 0. The number of ether oxygens (including phenoxy) is 1. The number of carbonyl (C=O) groups is 2. The Morgan fingerprint density at radius 2 is 2.07 bits per heavy atom. The van der Waals surface area contributed by atoms with E-state index in [1.54, 1.807) is 13.0 Å². The van der Waals surface area contributed by atoms with Crippen molar-refractivity contribution in [2.75, 3.05) is 0 Å². The van der Waals surface area contributed by atoms with Crippen molar-refractivity contribution in [3.05, 3.63) is 24.3 Å². The minimum Gasteiger partial charge on any atom is -0.457 e. The zero-order chi connectivity index (χ0) is 10.6. The van der Waals surface area contributed by atoms with Gasteiger partial charge in [-0.1, -0.05) is 6.08 Å². The van der Waals surface area contributed by atoms with Gasteiger partial charge in [-0.2, -0.15) is 0 Å². The normalized spacial score (nSPS) is 28.7. The second kappa shape index (κ2) is 4.72. The zero-order valence-electron chi connectivity index (χ0n) is 7.84. The third kappa shape index (κ3) is 3.14. The van der Waals surface area contributed by atoms with E-state index in [0.717, 1.165) is 12.2 Å². The molecule has 0 aromatic rings. The topological polar surface area (TPSA) is 63.6 Å². The highest BCUT2D eigenvalue weighted by atomic mass is 16.6. The summed E-state index contributed by atoms with van der Waals surface area (Å²) in [4.78, 5) is 22.0. The Morgan fingerprint density at radius 1 is 1.36 bits per heavy atom. The lowest BCUT2D eigenvalue weighted by atomic mass is 10.1. The predicted octanol–water partition coefficient (Wildman–Crippen LogP) is 0.364. The number of ketones is 1. The maximum atomic E-state index is 11.0. The van der Waals surface area contributed by atoms with E-state index >= 15 is 0 Å². The Bertz CT molecular complexity index is 290. The van der Waals surface area contributed by atoms with Gasteiger partial charge in [0.25, 0.3) is 0 Å². The molecule has 0 aromatic heterocycles. The maximum absolute atomic E-state index is 11.0. The van der Waals surface area contributed by atoms with Crippen LogP contribution in [0.4, 0.5) is 0 Å². The Hall–Kier alpha value is -1.42. The van der Waals surface area contributed by atoms with Gasteiger partial charge in [-0.15, -0.1) is 0 Å². The summed E-state index contributed by atoms with van der Waals surface area (Å²) >= 11 is 0. The van der Waals surface area contributed by atoms with Crippen LogP contribution in [-0.2, 0) is 14.3 Å². The van der Waals surface area contributed by atoms with Gasteiger partial charge in [0.1, 0.15) is 6.10 Å². The second-order valence-corrected chi connectivity index (χ2v) is 3.08. The fourth-order valence-electron chi connectivity index (χ4n) is 1.02. The number of cyclic esters (lactones) is 1. The molecule has 0 aromatic carbocycles. The summed E-state index contributed by atoms with van der Waals surface area (Å²) in [6.45, 7) is 1.60. The minimum absolute atomic E-state index is 0.288. The molecule has 0 fully saturated rings.